The molecule has 1 aromatic heterocycles. The number of hydrogen-bond acceptors (Lipinski definition) is 4. The molecule has 0 amide bonds. The van der Waals surface area contributed by atoms with Crippen LogP contribution in [0.2, 0.25) is 0 Å². The van der Waals surface area contributed by atoms with Crippen LogP contribution in [0, 0.1) is 5.92 Å². The van der Waals surface area contributed by atoms with Crippen molar-refractivity contribution in [1.82, 2.24) is 19.4 Å². The molecule has 1 aliphatic rings. The minimum atomic E-state index is -3.46. The number of aromatic nitrogens is 2. The fourth-order valence-corrected chi connectivity index (χ4v) is 4.36. The van der Waals surface area contributed by atoms with Gasteiger partial charge in [0.25, 0.3) is 0 Å². The van der Waals surface area contributed by atoms with Crippen LogP contribution in [0.25, 0.3) is 5.69 Å². The summed E-state index contributed by atoms with van der Waals surface area (Å²) in [5, 5.41) is 7.36. The lowest BCUT2D eigenvalue weighted by Crippen LogP contribution is -2.40. The molecule has 1 fully saturated rings. The Morgan fingerprint density at radius 2 is 1.91 bits per heavy atom. The van der Waals surface area contributed by atoms with Crippen molar-refractivity contribution in [2.24, 2.45) is 5.92 Å². The number of nitrogens with zero attached hydrogens (tertiary/aromatic N) is 3. The van der Waals surface area contributed by atoms with E-state index in [1.165, 1.54) is 6.20 Å². The molecule has 1 aromatic carbocycles. The molecule has 0 spiro atoms. The minimum absolute atomic E-state index is 0.258. The first-order valence-electron chi connectivity index (χ1n) is 7.86. The third-order valence-electron chi connectivity index (χ3n) is 4.28. The Labute approximate surface area is 137 Å². The highest BCUT2D eigenvalue weighted by Crippen LogP contribution is 2.23. The molecule has 6 nitrogen and oxygen atoms in total. The molecule has 0 atom stereocenters. The summed E-state index contributed by atoms with van der Waals surface area (Å²) in [6.45, 7) is 2.09. The monoisotopic (exact) mass is 334 g/mol. The molecule has 124 valence electrons. The molecule has 2 aromatic rings. The van der Waals surface area contributed by atoms with Gasteiger partial charge in [-0.2, -0.15) is 9.40 Å². The van der Waals surface area contributed by atoms with Gasteiger partial charge in [-0.1, -0.05) is 18.2 Å². The standard InChI is InChI=1S/C16H22N4O2S/c1-17-11-14-7-9-19(10-8-14)23(21,22)16-12-18-20(13-16)15-5-3-2-4-6-15/h2-6,12-14,17H,7-11H2,1H3. The van der Waals surface area contributed by atoms with Crippen molar-refractivity contribution in [2.45, 2.75) is 17.7 Å². The maximum absolute atomic E-state index is 12.8. The number of sulfonamides is 1. The Morgan fingerprint density at radius 1 is 1.22 bits per heavy atom. The van der Waals surface area contributed by atoms with Gasteiger partial charge in [0, 0.05) is 13.1 Å². The summed E-state index contributed by atoms with van der Waals surface area (Å²) in [5.41, 5.74) is 0.849. The van der Waals surface area contributed by atoms with E-state index in [4.69, 9.17) is 0 Å². The summed E-state index contributed by atoms with van der Waals surface area (Å²) in [6, 6.07) is 9.51. The van der Waals surface area contributed by atoms with E-state index in [9.17, 15) is 8.42 Å². The molecule has 1 aliphatic heterocycles. The number of para-hydroxylation sites is 1. The van der Waals surface area contributed by atoms with Crippen molar-refractivity contribution in [2.75, 3.05) is 26.7 Å². The van der Waals surface area contributed by atoms with Crippen molar-refractivity contribution in [1.29, 1.82) is 0 Å². The summed E-state index contributed by atoms with van der Waals surface area (Å²) in [5.74, 6) is 0.554. The Bertz CT molecular complexity index is 734. The van der Waals surface area contributed by atoms with Crippen LogP contribution < -0.4 is 5.32 Å². The van der Waals surface area contributed by atoms with Crippen LogP contribution in [0.5, 0.6) is 0 Å². The molecule has 0 radical (unpaired) electrons. The van der Waals surface area contributed by atoms with Crippen LogP contribution in [0.1, 0.15) is 12.8 Å². The second-order valence-corrected chi connectivity index (χ2v) is 7.80. The first-order valence-corrected chi connectivity index (χ1v) is 9.30. The van der Waals surface area contributed by atoms with E-state index < -0.39 is 10.0 Å². The van der Waals surface area contributed by atoms with E-state index in [0.717, 1.165) is 25.1 Å². The van der Waals surface area contributed by atoms with Gasteiger partial charge in [0.1, 0.15) is 4.90 Å². The summed E-state index contributed by atoms with van der Waals surface area (Å²) in [6.07, 6.45) is 4.81. The lowest BCUT2D eigenvalue weighted by molar-refractivity contribution is 0.270. The van der Waals surface area contributed by atoms with Gasteiger partial charge in [-0.3, -0.25) is 0 Å². The Hall–Kier alpha value is -1.70. The summed E-state index contributed by atoms with van der Waals surface area (Å²) in [4.78, 5) is 0.258. The van der Waals surface area contributed by atoms with E-state index in [0.29, 0.717) is 19.0 Å². The maximum atomic E-state index is 12.8. The largest absolute Gasteiger partial charge is 0.319 e. The topological polar surface area (TPSA) is 67.2 Å². The van der Waals surface area contributed by atoms with Crippen LogP contribution in [0.3, 0.4) is 0 Å². The van der Waals surface area contributed by atoms with Gasteiger partial charge in [0.15, 0.2) is 0 Å². The average Bonchev–Trinajstić information content (AvgIpc) is 3.07. The van der Waals surface area contributed by atoms with E-state index in [1.807, 2.05) is 37.4 Å². The SMILES string of the molecule is CNCC1CCN(S(=O)(=O)c2cnn(-c3ccccc3)c2)CC1. The van der Waals surface area contributed by atoms with E-state index in [1.54, 1.807) is 15.2 Å². The van der Waals surface area contributed by atoms with Gasteiger partial charge in [-0.15, -0.1) is 0 Å². The van der Waals surface area contributed by atoms with E-state index in [2.05, 4.69) is 10.4 Å². The molecule has 2 heterocycles. The van der Waals surface area contributed by atoms with Gasteiger partial charge in [0.05, 0.1) is 18.1 Å². The first-order chi connectivity index (χ1) is 11.1. The molecule has 7 heteroatoms. The van der Waals surface area contributed by atoms with E-state index in [-0.39, 0.29) is 4.90 Å². The van der Waals surface area contributed by atoms with Crippen molar-refractivity contribution < 1.29 is 8.42 Å². The predicted octanol–water partition coefficient (Wildman–Crippen LogP) is 1.49. The van der Waals surface area contributed by atoms with Crippen molar-refractivity contribution in [3.63, 3.8) is 0 Å². The number of nitrogens with one attached hydrogen (secondary N) is 1. The minimum Gasteiger partial charge on any atom is -0.319 e. The highest BCUT2D eigenvalue weighted by Gasteiger charge is 2.30. The summed E-state index contributed by atoms with van der Waals surface area (Å²) >= 11 is 0. The number of piperidine rings is 1. The molecule has 3 rings (SSSR count). The van der Waals surface area contributed by atoms with Crippen LogP contribution >= 0.6 is 0 Å². The van der Waals surface area contributed by atoms with Crippen LogP contribution in [0.15, 0.2) is 47.6 Å². The lowest BCUT2D eigenvalue weighted by atomic mass is 9.98. The zero-order valence-corrected chi connectivity index (χ0v) is 14.0. The maximum Gasteiger partial charge on any atom is 0.246 e. The third kappa shape index (κ3) is 3.46. The zero-order valence-electron chi connectivity index (χ0n) is 13.2. The van der Waals surface area contributed by atoms with Crippen molar-refractivity contribution >= 4 is 10.0 Å². The second kappa shape index (κ2) is 6.82. The van der Waals surface area contributed by atoms with Crippen LogP contribution in [-0.4, -0.2) is 49.2 Å². The van der Waals surface area contributed by atoms with Gasteiger partial charge in [0.2, 0.25) is 10.0 Å². The van der Waals surface area contributed by atoms with Gasteiger partial charge < -0.3 is 5.32 Å². The first kappa shape index (κ1) is 16.2. The smallest absolute Gasteiger partial charge is 0.246 e. The third-order valence-corrected chi connectivity index (χ3v) is 6.14. The van der Waals surface area contributed by atoms with Gasteiger partial charge in [-0.05, 0) is 44.5 Å². The Kier molecular flexibility index (Phi) is 4.79. The quantitative estimate of drug-likeness (QED) is 0.900. The summed E-state index contributed by atoms with van der Waals surface area (Å²) < 4.78 is 28.7. The number of rotatable bonds is 5. The molecule has 1 N–H and O–H groups in total. The molecule has 1 saturated heterocycles. The lowest BCUT2D eigenvalue weighted by Gasteiger charge is -2.30. The zero-order chi connectivity index (χ0) is 16.3. The van der Waals surface area contributed by atoms with Gasteiger partial charge >= 0.3 is 0 Å². The Balaban J connectivity index is 1.75. The normalized spacial score (nSPS) is 17.4. The molecular weight excluding hydrogens is 312 g/mol. The summed E-state index contributed by atoms with van der Waals surface area (Å²) in [7, 11) is -1.53. The molecular formula is C16H22N4O2S. The highest BCUT2D eigenvalue weighted by atomic mass is 32.2. The second-order valence-electron chi connectivity index (χ2n) is 5.86. The molecule has 0 saturated carbocycles. The molecule has 0 unspecified atom stereocenters. The predicted molar refractivity (Wildman–Crippen MR) is 89.0 cm³/mol. The highest BCUT2D eigenvalue weighted by molar-refractivity contribution is 7.89. The van der Waals surface area contributed by atoms with Crippen LogP contribution in [-0.2, 0) is 10.0 Å². The number of hydrogen-bond donors (Lipinski definition) is 1. The fourth-order valence-electron chi connectivity index (χ4n) is 2.95. The van der Waals surface area contributed by atoms with Crippen LogP contribution in [0.4, 0.5) is 0 Å². The molecule has 0 bridgehead atoms. The molecule has 0 aliphatic carbocycles. The van der Waals surface area contributed by atoms with Crippen molar-refractivity contribution in [3.05, 3.63) is 42.7 Å². The van der Waals surface area contributed by atoms with E-state index >= 15 is 0 Å². The van der Waals surface area contributed by atoms with Crippen molar-refractivity contribution in [3.8, 4) is 5.69 Å². The number of benzene rings is 1. The fraction of sp³-hybridized carbons (Fsp3) is 0.438. The Morgan fingerprint density at radius 3 is 2.57 bits per heavy atom. The average molecular weight is 334 g/mol. The van der Waals surface area contributed by atoms with Gasteiger partial charge in [-0.25, -0.2) is 13.1 Å². The molecule has 23 heavy (non-hydrogen) atoms.